The molecule has 1 aliphatic carbocycles. The Labute approximate surface area is 162 Å². The van der Waals surface area contributed by atoms with Crippen LogP contribution < -0.4 is 10.6 Å². The molecule has 1 heterocycles. The van der Waals surface area contributed by atoms with Crippen LogP contribution in [0.4, 0.5) is 11.6 Å². The van der Waals surface area contributed by atoms with Crippen LogP contribution in [0.2, 0.25) is 0 Å². The fraction of sp³-hybridized carbons (Fsp3) is 0.455. The average Bonchev–Trinajstić information content (AvgIpc) is 2.69. The SMILES string of the molecule is CN(C)CCNc1cc(NCCC2=CCCCC2)nc(-c2ccccc2)n1. The van der Waals surface area contributed by atoms with Gasteiger partial charge in [0.25, 0.3) is 0 Å². The van der Waals surface area contributed by atoms with Gasteiger partial charge >= 0.3 is 0 Å². The smallest absolute Gasteiger partial charge is 0.163 e. The van der Waals surface area contributed by atoms with Gasteiger partial charge in [-0.05, 0) is 46.2 Å². The number of nitrogens with zero attached hydrogens (tertiary/aromatic N) is 3. The fourth-order valence-electron chi connectivity index (χ4n) is 3.24. The van der Waals surface area contributed by atoms with E-state index in [-0.39, 0.29) is 0 Å². The van der Waals surface area contributed by atoms with E-state index < -0.39 is 0 Å². The molecule has 0 unspecified atom stereocenters. The van der Waals surface area contributed by atoms with Crippen LogP contribution in [0.3, 0.4) is 0 Å². The topological polar surface area (TPSA) is 53.1 Å². The summed E-state index contributed by atoms with van der Waals surface area (Å²) < 4.78 is 0. The number of allylic oxidation sites excluding steroid dienone is 1. The molecule has 0 fully saturated rings. The zero-order valence-corrected chi connectivity index (χ0v) is 16.5. The van der Waals surface area contributed by atoms with Crippen LogP contribution in [0, 0.1) is 0 Å². The molecular weight excluding hydrogens is 334 g/mol. The highest BCUT2D eigenvalue weighted by atomic mass is 15.1. The lowest BCUT2D eigenvalue weighted by Gasteiger charge is -2.15. The van der Waals surface area contributed by atoms with Crippen molar-refractivity contribution in [1.82, 2.24) is 14.9 Å². The van der Waals surface area contributed by atoms with Crippen molar-refractivity contribution in [3.05, 3.63) is 48.0 Å². The van der Waals surface area contributed by atoms with Crippen molar-refractivity contribution in [3.63, 3.8) is 0 Å². The molecule has 0 aliphatic heterocycles. The van der Waals surface area contributed by atoms with E-state index in [2.05, 4.69) is 47.8 Å². The van der Waals surface area contributed by atoms with E-state index in [0.717, 1.165) is 49.1 Å². The Hall–Kier alpha value is -2.40. The molecule has 0 saturated carbocycles. The summed E-state index contributed by atoms with van der Waals surface area (Å²) in [5, 5.41) is 6.92. The Morgan fingerprint density at radius 1 is 0.963 bits per heavy atom. The van der Waals surface area contributed by atoms with E-state index in [4.69, 9.17) is 9.97 Å². The third-order valence-electron chi connectivity index (χ3n) is 4.76. The van der Waals surface area contributed by atoms with Gasteiger partial charge in [-0.15, -0.1) is 0 Å². The summed E-state index contributed by atoms with van der Waals surface area (Å²) in [5.74, 6) is 2.50. The Morgan fingerprint density at radius 3 is 2.37 bits per heavy atom. The monoisotopic (exact) mass is 365 g/mol. The lowest BCUT2D eigenvalue weighted by molar-refractivity contribution is 0.425. The maximum atomic E-state index is 4.74. The van der Waals surface area contributed by atoms with E-state index >= 15 is 0 Å². The molecule has 0 spiro atoms. The van der Waals surface area contributed by atoms with E-state index in [1.807, 2.05) is 24.3 Å². The third-order valence-corrected chi connectivity index (χ3v) is 4.76. The largest absolute Gasteiger partial charge is 0.370 e. The highest BCUT2D eigenvalue weighted by Gasteiger charge is 2.08. The van der Waals surface area contributed by atoms with Crippen molar-refractivity contribution in [1.29, 1.82) is 0 Å². The van der Waals surface area contributed by atoms with Gasteiger partial charge in [-0.25, -0.2) is 9.97 Å². The number of hydrogen-bond donors (Lipinski definition) is 2. The molecular formula is C22H31N5. The second-order valence-electron chi connectivity index (χ2n) is 7.34. The van der Waals surface area contributed by atoms with Crippen LogP contribution in [0.15, 0.2) is 48.0 Å². The molecule has 3 rings (SSSR count). The molecule has 0 atom stereocenters. The normalized spacial score (nSPS) is 14.1. The number of likely N-dealkylation sites (N-methyl/N-ethyl adjacent to an activating group) is 1. The lowest BCUT2D eigenvalue weighted by Crippen LogP contribution is -2.21. The van der Waals surface area contributed by atoms with Crippen LogP contribution in [0.1, 0.15) is 32.1 Å². The van der Waals surface area contributed by atoms with Crippen LogP contribution in [-0.4, -0.2) is 48.6 Å². The van der Waals surface area contributed by atoms with Gasteiger partial charge in [-0.1, -0.05) is 42.0 Å². The maximum Gasteiger partial charge on any atom is 0.163 e. The molecule has 0 radical (unpaired) electrons. The number of aromatic nitrogens is 2. The summed E-state index contributed by atoms with van der Waals surface area (Å²) in [5.41, 5.74) is 2.61. The molecule has 5 nitrogen and oxygen atoms in total. The van der Waals surface area contributed by atoms with Crippen LogP contribution in [0.5, 0.6) is 0 Å². The summed E-state index contributed by atoms with van der Waals surface area (Å²) in [6.07, 6.45) is 8.66. The molecule has 5 heteroatoms. The first-order valence-electron chi connectivity index (χ1n) is 9.95. The number of anilines is 2. The molecule has 0 saturated heterocycles. The van der Waals surface area contributed by atoms with E-state index in [1.54, 1.807) is 5.57 Å². The molecule has 1 aromatic heterocycles. The first-order chi connectivity index (χ1) is 13.2. The molecule has 0 bridgehead atoms. The number of nitrogens with one attached hydrogen (secondary N) is 2. The molecule has 1 aliphatic rings. The highest BCUT2D eigenvalue weighted by molar-refractivity contribution is 5.61. The van der Waals surface area contributed by atoms with Crippen molar-refractivity contribution >= 4 is 11.6 Å². The van der Waals surface area contributed by atoms with Crippen molar-refractivity contribution in [2.75, 3.05) is 44.4 Å². The van der Waals surface area contributed by atoms with Gasteiger partial charge in [-0.2, -0.15) is 0 Å². The first-order valence-corrected chi connectivity index (χ1v) is 9.95. The summed E-state index contributed by atoms with van der Waals surface area (Å²) in [4.78, 5) is 11.6. The Bertz CT molecular complexity index is 740. The van der Waals surface area contributed by atoms with Crippen LogP contribution in [0.25, 0.3) is 11.4 Å². The van der Waals surface area contributed by atoms with Gasteiger partial charge in [0.1, 0.15) is 11.6 Å². The predicted molar refractivity (Wildman–Crippen MR) is 114 cm³/mol. The third kappa shape index (κ3) is 6.36. The van der Waals surface area contributed by atoms with Crippen molar-refractivity contribution in [3.8, 4) is 11.4 Å². The Morgan fingerprint density at radius 2 is 1.70 bits per heavy atom. The number of benzene rings is 1. The molecule has 2 aromatic rings. The molecule has 144 valence electrons. The second kappa shape index (κ2) is 10.1. The minimum atomic E-state index is 0.754. The highest BCUT2D eigenvalue weighted by Crippen LogP contribution is 2.22. The maximum absolute atomic E-state index is 4.74. The minimum Gasteiger partial charge on any atom is -0.370 e. The van der Waals surface area contributed by atoms with Crippen molar-refractivity contribution in [2.24, 2.45) is 0 Å². The van der Waals surface area contributed by atoms with E-state index in [9.17, 15) is 0 Å². The second-order valence-corrected chi connectivity index (χ2v) is 7.34. The predicted octanol–water partition coefficient (Wildman–Crippen LogP) is 4.42. The molecule has 1 aromatic carbocycles. The summed E-state index contributed by atoms with van der Waals surface area (Å²) in [6, 6.07) is 12.2. The first kappa shape index (κ1) is 19.4. The zero-order chi connectivity index (χ0) is 18.9. The summed E-state index contributed by atoms with van der Waals surface area (Å²) in [6.45, 7) is 2.72. The Balaban J connectivity index is 1.69. The summed E-state index contributed by atoms with van der Waals surface area (Å²) in [7, 11) is 4.15. The van der Waals surface area contributed by atoms with Gasteiger partial charge < -0.3 is 15.5 Å². The van der Waals surface area contributed by atoms with Crippen LogP contribution >= 0.6 is 0 Å². The number of hydrogen-bond acceptors (Lipinski definition) is 5. The van der Waals surface area contributed by atoms with Crippen molar-refractivity contribution < 1.29 is 0 Å². The van der Waals surface area contributed by atoms with Gasteiger partial charge in [0.05, 0.1) is 0 Å². The van der Waals surface area contributed by atoms with Gasteiger partial charge in [0.15, 0.2) is 5.82 Å². The van der Waals surface area contributed by atoms with Gasteiger partial charge in [0.2, 0.25) is 0 Å². The zero-order valence-electron chi connectivity index (χ0n) is 16.5. The quantitative estimate of drug-likeness (QED) is 0.644. The van der Waals surface area contributed by atoms with E-state index in [1.165, 1.54) is 25.7 Å². The molecule has 0 amide bonds. The lowest BCUT2D eigenvalue weighted by atomic mass is 9.97. The average molecular weight is 366 g/mol. The van der Waals surface area contributed by atoms with E-state index in [0.29, 0.717) is 0 Å². The van der Waals surface area contributed by atoms with Crippen molar-refractivity contribution in [2.45, 2.75) is 32.1 Å². The Kier molecular flexibility index (Phi) is 7.22. The molecule has 2 N–H and O–H groups in total. The number of rotatable bonds is 9. The standard InChI is InChI=1S/C22H31N5/c1-27(2)16-15-24-21-17-20(23-14-13-18-9-5-3-6-10-18)25-22(26-21)19-11-7-4-8-12-19/h4,7-9,11-12,17H,3,5-6,10,13-16H2,1-2H3,(H2,23,24,25,26). The minimum absolute atomic E-state index is 0.754. The summed E-state index contributed by atoms with van der Waals surface area (Å²) >= 11 is 0. The van der Waals surface area contributed by atoms with Crippen LogP contribution in [-0.2, 0) is 0 Å². The van der Waals surface area contributed by atoms with Gasteiger partial charge in [-0.3, -0.25) is 0 Å². The fourth-order valence-corrected chi connectivity index (χ4v) is 3.24. The molecule has 27 heavy (non-hydrogen) atoms. The van der Waals surface area contributed by atoms with Gasteiger partial charge in [0, 0.05) is 31.3 Å².